The van der Waals surface area contributed by atoms with Gasteiger partial charge in [-0.25, -0.2) is 0 Å². The minimum Gasteiger partial charge on any atom is -0.343 e. The molecule has 1 heterocycles. The summed E-state index contributed by atoms with van der Waals surface area (Å²) in [7, 11) is 0. The second-order valence-electron chi connectivity index (χ2n) is 3.44. The van der Waals surface area contributed by atoms with Crippen LogP contribution in [0.25, 0.3) is 0 Å². The summed E-state index contributed by atoms with van der Waals surface area (Å²) in [5, 5.41) is 6.99. The lowest BCUT2D eigenvalue weighted by atomic mass is 10.1. The van der Waals surface area contributed by atoms with Crippen LogP contribution in [-0.4, -0.2) is 16.7 Å². The molecule has 4 nitrogen and oxygen atoms in total. The number of hydrogen-bond donors (Lipinski definition) is 1. The molecule has 0 aliphatic carbocycles. The molecule has 0 aromatic carbocycles. The standard InChI is InChI=1S/C10H19N3O/c1-2-3-4-5-6-7-11-8-10-12-9-14-13-10/h9,11H,2-8H2,1H3. The van der Waals surface area contributed by atoms with Crippen LogP contribution < -0.4 is 5.32 Å². The molecule has 14 heavy (non-hydrogen) atoms. The van der Waals surface area contributed by atoms with Gasteiger partial charge in [0.15, 0.2) is 5.82 Å². The molecule has 0 saturated heterocycles. The minimum absolute atomic E-state index is 0.713. The summed E-state index contributed by atoms with van der Waals surface area (Å²) in [6.45, 7) is 3.98. The SMILES string of the molecule is CCCCCCCNCc1ncon1. The van der Waals surface area contributed by atoms with Crippen molar-refractivity contribution in [3.05, 3.63) is 12.2 Å². The maximum atomic E-state index is 4.62. The molecule has 1 aromatic heterocycles. The molecule has 0 aliphatic heterocycles. The molecule has 4 heteroatoms. The molecule has 1 aromatic rings. The van der Waals surface area contributed by atoms with Crippen LogP contribution in [0.15, 0.2) is 10.9 Å². The van der Waals surface area contributed by atoms with E-state index in [4.69, 9.17) is 0 Å². The van der Waals surface area contributed by atoms with Gasteiger partial charge in [-0.05, 0) is 13.0 Å². The van der Waals surface area contributed by atoms with E-state index in [1.54, 1.807) is 0 Å². The number of unbranched alkanes of at least 4 members (excludes halogenated alkanes) is 4. The fourth-order valence-electron chi connectivity index (χ4n) is 1.32. The highest BCUT2D eigenvalue weighted by Crippen LogP contribution is 2.01. The third-order valence-electron chi connectivity index (χ3n) is 2.15. The highest BCUT2D eigenvalue weighted by atomic mass is 16.5. The van der Waals surface area contributed by atoms with Crippen molar-refractivity contribution < 1.29 is 4.52 Å². The van der Waals surface area contributed by atoms with Crippen molar-refractivity contribution >= 4 is 0 Å². The van der Waals surface area contributed by atoms with Crippen LogP contribution in [0.4, 0.5) is 0 Å². The van der Waals surface area contributed by atoms with Crippen LogP contribution >= 0.6 is 0 Å². The monoisotopic (exact) mass is 197 g/mol. The Bertz CT molecular complexity index is 211. The maximum absolute atomic E-state index is 4.62. The predicted octanol–water partition coefficient (Wildman–Crippen LogP) is 2.13. The van der Waals surface area contributed by atoms with Gasteiger partial charge in [0.05, 0.1) is 6.54 Å². The van der Waals surface area contributed by atoms with Crippen LogP contribution in [0.3, 0.4) is 0 Å². The highest BCUT2D eigenvalue weighted by molar-refractivity contribution is 4.75. The molecular weight excluding hydrogens is 178 g/mol. The van der Waals surface area contributed by atoms with Crippen molar-refractivity contribution in [2.75, 3.05) is 6.54 Å². The third-order valence-corrected chi connectivity index (χ3v) is 2.15. The first-order chi connectivity index (χ1) is 6.93. The van der Waals surface area contributed by atoms with E-state index < -0.39 is 0 Å². The van der Waals surface area contributed by atoms with Crippen molar-refractivity contribution in [1.29, 1.82) is 0 Å². The summed E-state index contributed by atoms with van der Waals surface area (Å²) >= 11 is 0. The Morgan fingerprint density at radius 1 is 1.29 bits per heavy atom. The van der Waals surface area contributed by atoms with Gasteiger partial charge in [-0.3, -0.25) is 0 Å². The molecule has 1 rings (SSSR count). The van der Waals surface area contributed by atoms with Gasteiger partial charge < -0.3 is 9.84 Å². The van der Waals surface area contributed by atoms with Crippen LogP contribution in [0, 0.1) is 0 Å². The number of nitrogens with one attached hydrogen (secondary N) is 1. The second-order valence-corrected chi connectivity index (χ2v) is 3.44. The Hall–Kier alpha value is -0.900. The first kappa shape index (κ1) is 11.2. The molecular formula is C10H19N3O. The number of aromatic nitrogens is 2. The second kappa shape index (κ2) is 7.50. The molecule has 0 radical (unpaired) electrons. The van der Waals surface area contributed by atoms with Gasteiger partial charge in [0.1, 0.15) is 0 Å². The average Bonchev–Trinajstić information content (AvgIpc) is 2.69. The molecule has 0 saturated carbocycles. The fraction of sp³-hybridized carbons (Fsp3) is 0.800. The Kier molecular flexibility index (Phi) is 5.99. The number of hydrogen-bond acceptors (Lipinski definition) is 4. The first-order valence-corrected chi connectivity index (χ1v) is 5.39. The fourth-order valence-corrected chi connectivity index (χ4v) is 1.32. The van der Waals surface area contributed by atoms with Crippen LogP contribution in [-0.2, 0) is 6.54 Å². The molecule has 0 bridgehead atoms. The van der Waals surface area contributed by atoms with E-state index in [9.17, 15) is 0 Å². The number of nitrogens with zero attached hydrogens (tertiary/aromatic N) is 2. The van der Waals surface area contributed by atoms with E-state index in [0.29, 0.717) is 6.54 Å². The van der Waals surface area contributed by atoms with Gasteiger partial charge in [-0.2, -0.15) is 4.98 Å². The van der Waals surface area contributed by atoms with Gasteiger partial charge in [0, 0.05) is 0 Å². The van der Waals surface area contributed by atoms with Gasteiger partial charge in [-0.1, -0.05) is 37.8 Å². The molecule has 0 atom stereocenters. The molecule has 0 fully saturated rings. The molecule has 80 valence electrons. The lowest BCUT2D eigenvalue weighted by Gasteiger charge is -2.01. The summed E-state index contributed by atoms with van der Waals surface area (Å²) in [4.78, 5) is 3.92. The van der Waals surface area contributed by atoms with Crippen LogP contribution in [0.5, 0.6) is 0 Å². The summed E-state index contributed by atoms with van der Waals surface area (Å²) in [6, 6.07) is 0. The Morgan fingerprint density at radius 3 is 2.86 bits per heavy atom. The van der Waals surface area contributed by atoms with E-state index in [1.807, 2.05) is 0 Å². The van der Waals surface area contributed by atoms with Crippen molar-refractivity contribution in [2.24, 2.45) is 0 Å². The summed E-state index contributed by atoms with van der Waals surface area (Å²) in [5.74, 6) is 0.735. The van der Waals surface area contributed by atoms with Crippen LogP contribution in [0.2, 0.25) is 0 Å². The van der Waals surface area contributed by atoms with Crippen molar-refractivity contribution in [2.45, 2.75) is 45.6 Å². The Labute approximate surface area is 85.1 Å². The Morgan fingerprint density at radius 2 is 2.14 bits per heavy atom. The predicted molar refractivity (Wildman–Crippen MR) is 54.8 cm³/mol. The smallest absolute Gasteiger partial charge is 0.213 e. The minimum atomic E-state index is 0.713. The van der Waals surface area contributed by atoms with Crippen LogP contribution in [0.1, 0.15) is 44.9 Å². The summed E-state index contributed by atoms with van der Waals surface area (Å²) < 4.78 is 4.62. The lowest BCUT2D eigenvalue weighted by molar-refractivity contribution is 0.407. The normalized spacial score (nSPS) is 10.6. The zero-order valence-electron chi connectivity index (χ0n) is 8.83. The van der Waals surface area contributed by atoms with Gasteiger partial charge >= 0.3 is 0 Å². The zero-order valence-corrected chi connectivity index (χ0v) is 8.83. The van der Waals surface area contributed by atoms with E-state index in [1.165, 1.54) is 38.5 Å². The lowest BCUT2D eigenvalue weighted by Crippen LogP contribution is -2.15. The van der Waals surface area contributed by atoms with E-state index in [0.717, 1.165) is 12.4 Å². The van der Waals surface area contributed by atoms with Crippen molar-refractivity contribution in [1.82, 2.24) is 15.5 Å². The van der Waals surface area contributed by atoms with Gasteiger partial charge in [0.25, 0.3) is 0 Å². The van der Waals surface area contributed by atoms with E-state index in [-0.39, 0.29) is 0 Å². The zero-order chi connectivity index (χ0) is 10.1. The van der Waals surface area contributed by atoms with E-state index >= 15 is 0 Å². The van der Waals surface area contributed by atoms with Gasteiger partial charge in [-0.15, -0.1) is 0 Å². The molecule has 1 N–H and O–H groups in total. The highest BCUT2D eigenvalue weighted by Gasteiger charge is 1.96. The van der Waals surface area contributed by atoms with E-state index in [2.05, 4.69) is 26.9 Å². The molecule has 0 aliphatic rings. The summed E-state index contributed by atoms with van der Waals surface area (Å²) in [6.07, 6.45) is 7.91. The van der Waals surface area contributed by atoms with Gasteiger partial charge in [0.2, 0.25) is 6.39 Å². The Balaban J connectivity index is 1.85. The first-order valence-electron chi connectivity index (χ1n) is 5.39. The maximum Gasteiger partial charge on any atom is 0.213 e. The molecule has 0 spiro atoms. The quantitative estimate of drug-likeness (QED) is 0.649. The number of rotatable bonds is 8. The summed E-state index contributed by atoms with van der Waals surface area (Å²) in [5.41, 5.74) is 0. The topological polar surface area (TPSA) is 51.0 Å². The molecule has 0 unspecified atom stereocenters. The largest absolute Gasteiger partial charge is 0.343 e. The average molecular weight is 197 g/mol. The van der Waals surface area contributed by atoms with Crippen molar-refractivity contribution in [3.8, 4) is 0 Å². The molecule has 0 amide bonds. The van der Waals surface area contributed by atoms with Crippen molar-refractivity contribution in [3.63, 3.8) is 0 Å². The third kappa shape index (κ3) is 4.97.